The number of hydrogen-bond donors (Lipinski definition) is 2. The largest absolute Gasteiger partial charge is 0.355 e. The lowest BCUT2D eigenvalue weighted by Crippen LogP contribution is -2.45. The SMILES string of the molecule is CN=C(NCCS(=O)(=O)c1ccc(Br)cc1)NC1CCC(C)CC1. The molecular formula is C17H26BrN3O2S. The molecule has 5 nitrogen and oxygen atoms in total. The molecule has 0 unspecified atom stereocenters. The Balaban J connectivity index is 1.82. The highest BCUT2D eigenvalue weighted by atomic mass is 79.9. The molecule has 0 radical (unpaired) electrons. The molecule has 0 saturated heterocycles. The zero-order chi connectivity index (χ0) is 17.6. The first-order valence-corrected chi connectivity index (χ1v) is 10.8. The van der Waals surface area contributed by atoms with Crippen molar-refractivity contribution in [3.8, 4) is 0 Å². The fourth-order valence-corrected chi connectivity index (χ4v) is 4.28. The van der Waals surface area contributed by atoms with Gasteiger partial charge in [0.15, 0.2) is 15.8 Å². The number of nitrogens with zero attached hydrogens (tertiary/aromatic N) is 1. The van der Waals surface area contributed by atoms with Crippen molar-refractivity contribution >= 4 is 31.7 Å². The Morgan fingerprint density at radius 3 is 2.42 bits per heavy atom. The fourth-order valence-electron chi connectivity index (χ4n) is 2.86. The third-order valence-electron chi connectivity index (χ3n) is 4.42. The summed E-state index contributed by atoms with van der Waals surface area (Å²) >= 11 is 3.31. The summed E-state index contributed by atoms with van der Waals surface area (Å²) in [6.07, 6.45) is 4.73. The van der Waals surface area contributed by atoms with Crippen molar-refractivity contribution in [3.63, 3.8) is 0 Å². The molecule has 0 spiro atoms. The van der Waals surface area contributed by atoms with E-state index in [1.165, 1.54) is 12.8 Å². The van der Waals surface area contributed by atoms with Crippen molar-refractivity contribution in [3.05, 3.63) is 28.7 Å². The molecule has 2 N–H and O–H groups in total. The maximum absolute atomic E-state index is 12.3. The van der Waals surface area contributed by atoms with Crippen LogP contribution in [0.25, 0.3) is 0 Å². The van der Waals surface area contributed by atoms with E-state index in [1.807, 2.05) is 0 Å². The summed E-state index contributed by atoms with van der Waals surface area (Å²) in [5.41, 5.74) is 0. The molecular weight excluding hydrogens is 390 g/mol. The highest BCUT2D eigenvalue weighted by Crippen LogP contribution is 2.23. The van der Waals surface area contributed by atoms with Crippen molar-refractivity contribution in [2.24, 2.45) is 10.9 Å². The monoisotopic (exact) mass is 415 g/mol. The first-order chi connectivity index (χ1) is 11.4. The summed E-state index contributed by atoms with van der Waals surface area (Å²) in [4.78, 5) is 4.54. The normalized spacial score (nSPS) is 22.2. The second kappa shape index (κ2) is 8.85. The predicted octanol–water partition coefficient (Wildman–Crippen LogP) is 2.97. The Labute approximate surface area is 153 Å². The zero-order valence-electron chi connectivity index (χ0n) is 14.3. The maximum atomic E-state index is 12.3. The molecule has 0 atom stereocenters. The van der Waals surface area contributed by atoms with Gasteiger partial charge in [-0.2, -0.15) is 0 Å². The number of hydrogen-bond acceptors (Lipinski definition) is 3. The van der Waals surface area contributed by atoms with E-state index in [0.717, 1.165) is 23.2 Å². The number of halogens is 1. The van der Waals surface area contributed by atoms with Gasteiger partial charge in [-0.05, 0) is 55.9 Å². The fraction of sp³-hybridized carbons (Fsp3) is 0.588. The van der Waals surface area contributed by atoms with E-state index in [-0.39, 0.29) is 5.75 Å². The van der Waals surface area contributed by atoms with E-state index < -0.39 is 9.84 Å². The van der Waals surface area contributed by atoms with Crippen LogP contribution in [0.4, 0.5) is 0 Å². The molecule has 0 aliphatic heterocycles. The van der Waals surface area contributed by atoms with Crippen molar-refractivity contribution in [2.75, 3.05) is 19.3 Å². The van der Waals surface area contributed by atoms with E-state index in [9.17, 15) is 8.42 Å². The Kier molecular flexibility index (Phi) is 7.10. The van der Waals surface area contributed by atoms with Crippen LogP contribution in [0.15, 0.2) is 38.6 Å². The van der Waals surface area contributed by atoms with Gasteiger partial charge < -0.3 is 10.6 Å². The van der Waals surface area contributed by atoms with E-state index >= 15 is 0 Å². The molecule has 1 fully saturated rings. The number of aliphatic imine (C=N–C) groups is 1. The maximum Gasteiger partial charge on any atom is 0.191 e. The van der Waals surface area contributed by atoms with Crippen molar-refractivity contribution in [2.45, 2.75) is 43.5 Å². The summed E-state index contributed by atoms with van der Waals surface area (Å²) in [6, 6.07) is 7.15. The number of guanidine groups is 1. The second-order valence-electron chi connectivity index (χ2n) is 6.37. The molecule has 1 aromatic carbocycles. The smallest absolute Gasteiger partial charge is 0.191 e. The molecule has 0 aromatic heterocycles. The van der Waals surface area contributed by atoms with Crippen LogP contribution in [0.3, 0.4) is 0 Å². The summed E-state index contributed by atoms with van der Waals surface area (Å²) in [5.74, 6) is 1.52. The topological polar surface area (TPSA) is 70.6 Å². The van der Waals surface area contributed by atoms with E-state index in [0.29, 0.717) is 23.4 Å². The molecule has 1 aromatic rings. The van der Waals surface area contributed by atoms with Crippen molar-refractivity contribution in [1.82, 2.24) is 10.6 Å². The minimum Gasteiger partial charge on any atom is -0.355 e. The number of rotatable bonds is 5. The van der Waals surface area contributed by atoms with E-state index in [4.69, 9.17) is 0 Å². The second-order valence-corrected chi connectivity index (χ2v) is 9.40. The van der Waals surface area contributed by atoms with Crippen molar-refractivity contribution in [1.29, 1.82) is 0 Å². The third-order valence-corrected chi connectivity index (χ3v) is 6.68. The number of benzene rings is 1. The van der Waals surface area contributed by atoms with Gasteiger partial charge in [0.1, 0.15) is 0 Å². The van der Waals surface area contributed by atoms with Gasteiger partial charge in [-0.15, -0.1) is 0 Å². The summed E-state index contributed by atoms with van der Waals surface area (Å²) in [7, 11) is -1.58. The van der Waals surface area contributed by atoms with Crippen LogP contribution in [0.1, 0.15) is 32.6 Å². The Hall–Kier alpha value is -1.08. The highest BCUT2D eigenvalue weighted by molar-refractivity contribution is 9.10. The zero-order valence-corrected chi connectivity index (χ0v) is 16.7. The Morgan fingerprint density at radius 1 is 1.21 bits per heavy atom. The number of nitrogens with one attached hydrogen (secondary N) is 2. The Morgan fingerprint density at radius 2 is 1.83 bits per heavy atom. The predicted molar refractivity (Wildman–Crippen MR) is 102 cm³/mol. The van der Waals surface area contributed by atoms with Gasteiger partial charge in [0, 0.05) is 24.1 Å². The van der Waals surface area contributed by atoms with Crippen LogP contribution < -0.4 is 10.6 Å². The molecule has 134 valence electrons. The standard InChI is InChI=1S/C17H26BrN3O2S/c1-13-3-7-15(8-4-13)21-17(19-2)20-11-12-24(22,23)16-9-5-14(18)6-10-16/h5-6,9-10,13,15H,3-4,7-8,11-12H2,1-2H3,(H2,19,20,21). The third kappa shape index (κ3) is 5.77. The van der Waals surface area contributed by atoms with Crippen molar-refractivity contribution < 1.29 is 8.42 Å². The van der Waals surface area contributed by atoms with Gasteiger partial charge in [-0.3, -0.25) is 4.99 Å². The van der Waals surface area contributed by atoms with Gasteiger partial charge in [-0.25, -0.2) is 8.42 Å². The first-order valence-electron chi connectivity index (χ1n) is 8.36. The van der Waals surface area contributed by atoms with Gasteiger partial charge in [0.05, 0.1) is 10.6 Å². The molecule has 2 rings (SSSR count). The van der Waals surface area contributed by atoms with E-state index in [1.54, 1.807) is 31.3 Å². The molecule has 1 aliphatic rings. The lowest BCUT2D eigenvalue weighted by Gasteiger charge is -2.28. The van der Waals surface area contributed by atoms with Crippen LogP contribution in [0, 0.1) is 5.92 Å². The average Bonchev–Trinajstić information content (AvgIpc) is 2.56. The van der Waals surface area contributed by atoms with Crippen LogP contribution in [-0.2, 0) is 9.84 Å². The Bertz CT molecular complexity index is 651. The highest BCUT2D eigenvalue weighted by Gasteiger charge is 2.19. The van der Waals surface area contributed by atoms with Gasteiger partial charge >= 0.3 is 0 Å². The molecule has 0 bridgehead atoms. The molecule has 0 amide bonds. The summed E-state index contributed by atoms with van der Waals surface area (Å²) in [6.45, 7) is 2.62. The van der Waals surface area contributed by atoms with Crippen LogP contribution >= 0.6 is 15.9 Å². The quantitative estimate of drug-likeness (QED) is 0.572. The minimum absolute atomic E-state index is 0.0387. The van der Waals surface area contributed by atoms with Gasteiger partial charge in [0.2, 0.25) is 0 Å². The lowest BCUT2D eigenvalue weighted by molar-refractivity contribution is 0.329. The molecule has 1 saturated carbocycles. The summed E-state index contributed by atoms with van der Waals surface area (Å²) < 4.78 is 25.5. The first kappa shape index (κ1) is 19.2. The number of sulfone groups is 1. The summed E-state index contributed by atoms with van der Waals surface area (Å²) in [5, 5.41) is 6.51. The lowest BCUT2D eigenvalue weighted by atomic mass is 9.87. The van der Waals surface area contributed by atoms with Gasteiger partial charge in [0.25, 0.3) is 0 Å². The molecule has 7 heteroatoms. The van der Waals surface area contributed by atoms with Crippen LogP contribution in [-0.4, -0.2) is 39.8 Å². The van der Waals surface area contributed by atoms with Crippen LogP contribution in [0.5, 0.6) is 0 Å². The molecule has 0 heterocycles. The molecule has 1 aliphatic carbocycles. The average molecular weight is 416 g/mol. The van der Waals surface area contributed by atoms with E-state index in [2.05, 4.69) is 38.5 Å². The minimum atomic E-state index is -3.29. The molecule has 24 heavy (non-hydrogen) atoms. The van der Waals surface area contributed by atoms with Gasteiger partial charge in [-0.1, -0.05) is 22.9 Å². The van der Waals surface area contributed by atoms with Crippen LogP contribution in [0.2, 0.25) is 0 Å².